The van der Waals surface area contributed by atoms with Crippen molar-refractivity contribution in [3.63, 3.8) is 0 Å². The highest BCUT2D eigenvalue weighted by atomic mass is 35.5. The third-order valence-electron chi connectivity index (χ3n) is 7.36. The highest BCUT2D eigenvalue weighted by molar-refractivity contribution is 6.33. The molecule has 6 nitrogen and oxygen atoms in total. The van der Waals surface area contributed by atoms with Gasteiger partial charge in [-0.1, -0.05) is 11.6 Å². The zero-order valence-electron chi connectivity index (χ0n) is 17.7. The number of hydrogen-bond acceptors (Lipinski definition) is 5. The second kappa shape index (κ2) is 8.40. The summed E-state index contributed by atoms with van der Waals surface area (Å²) in [7, 11) is 0. The van der Waals surface area contributed by atoms with Crippen LogP contribution >= 0.6 is 11.6 Å². The number of aliphatic hydroxyl groups excluding tert-OH is 1. The van der Waals surface area contributed by atoms with Crippen molar-refractivity contribution in [1.29, 1.82) is 0 Å². The molecule has 2 aromatic heterocycles. The normalized spacial score (nSPS) is 29.0. The summed E-state index contributed by atoms with van der Waals surface area (Å²) in [5.74, 6) is 1.06. The van der Waals surface area contributed by atoms with Crippen molar-refractivity contribution in [3.8, 4) is 11.1 Å². The number of piperidine rings is 1. The van der Waals surface area contributed by atoms with E-state index in [1.807, 2.05) is 24.4 Å². The number of likely N-dealkylation sites (tertiary alicyclic amines) is 1. The van der Waals surface area contributed by atoms with Gasteiger partial charge in [0.05, 0.1) is 16.5 Å². The van der Waals surface area contributed by atoms with Gasteiger partial charge in [0.1, 0.15) is 5.82 Å². The van der Waals surface area contributed by atoms with Gasteiger partial charge in [0.25, 0.3) is 0 Å². The third-order valence-corrected chi connectivity index (χ3v) is 7.64. The lowest BCUT2D eigenvalue weighted by Gasteiger charge is -2.41. The zero-order chi connectivity index (χ0) is 21.4. The topological polar surface area (TPSA) is 69.6 Å². The summed E-state index contributed by atoms with van der Waals surface area (Å²) >= 11 is 6.67. The molecule has 5 rings (SSSR count). The number of carbonyl (C=O) groups is 1. The number of rotatable bonds is 3. The number of carbonyl (C=O) groups excluding carboxylic acids is 1. The van der Waals surface area contributed by atoms with Crippen LogP contribution in [0.1, 0.15) is 44.9 Å². The molecule has 31 heavy (non-hydrogen) atoms. The molecule has 2 saturated heterocycles. The van der Waals surface area contributed by atoms with Gasteiger partial charge in [-0.15, -0.1) is 0 Å². The number of aromatic nitrogens is 2. The number of aliphatic hydroxyl groups is 1. The van der Waals surface area contributed by atoms with E-state index < -0.39 is 0 Å². The predicted octanol–water partition coefficient (Wildman–Crippen LogP) is 3.92. The van der Waals surface area contributed by atoms with E-state index in [2.05, 4.69) is 14.8 Å². The molecule has 3 aliphatic rings. The maximum absolute atomic E-state index is 13.5. The minimum absolute atomic E-state index is 0.198. The van der Waals surface area contributed by atoms with E-state index in [4.69, 9.17) is 16.6 Å². The van der Waals surface area contributed by atoms with E-state index in [0.29, 0.717) is 17.5 Å². The molecule has 4 heterocycles. The molecule has 2 aliphatic heterocycles. The summed E-state index contributed by atoms with van der Waals surface area (Å²) in [5, 5.41) is 10.4. The lowest BCUT2D eigenvalue weighted by molar-refractivity contribution is -0.139. The molecule has 1 N–H and O–H groups in total. The Morgan fingerprint density at radius 2 is 1.84 bits per heavy atom. The summed E-state index contributed by atoms with van der Waals surface area (Å²) in [5.41, 5.74) is 1.67. The first-order valence-corrected chi connectivity index (χ1v) is 11.7. The first kappa shape index (κ1) is 20.7. The van der Waals surface area contributed by atoms with E-state index in [1.165, 1.54) is 0 Å². The second-order valence-electron chi connectivity index (χ2n) is 9.28. The molecule has 0 bridgehead atoms. The summed E-state index contributed by atoms with van der Waals surface area (Å²) in [6.45, 7) is 2.38. The third kappa shape index (κ3) is 3.92. The Labute approximate surface area is 188 Å². The molecule has 0 unspecified atom stereocenters. The number of amides is 1. The Bertz CT molecular complexity index is 948. The smallest absolute Gasteiger partial charge is 0.230 e. The number of anilines is 1. The number of nitrogens with zero attached hydrogens (tertiary/aromatic N) is 4. The molecule has 1 spiro atoms. The highest BCUT2D eigenvalue weighted by Gasteiger charge is 2.51. The fourth-order valence-electron chi connectivity index (χ4n) is 5.62. The van der Waals surface area contributed by atoms with Crippen molar-refractivity contribution in [2.24, 2.45) is 5.41 Å². The summed E-state index contributed by atoms with van der Waals surface area (Å²) < 4.78 is 0. The molecule has 1 atom stereocenters. The molecule has 3 fully saturated rings. The van der Waals surface area contributed by atoms with Gasteiger partial charge in [0.2, 0.25) is 5.91 Å². The standard InChI is InChI=1S/C24H29ClN4O2/c25-21-14-18(17-6-10-26-11-7-17)15-27-22(21)28-12-1-8-24(16-28)9-13-29(23(24)31)19-2-4-20(30)5-3-19/h6-7,10-11,14-15,19-20,30H,1-5,8-9,12-13,16H2/t19?,20?,24-/m1/s1. The van der Waals surface area contributed by atoms with Gasteiger partial charge >= 0.3 is 0 Å². The van der Waals surface area contributed by atoms with Crippen LogP contribution < -0.4 is 4.90 Å². The Morgan fingerprint density at radius 3 is 2.58 bits per heavy atom. The molecule has 7 heteroatoms. The average Bonchev–Trinajstić information content (AvgIpc) is 3.10. The van der Waals surface area contributed by atoms with Crippen LogP contribution in [-0.4, -0.2) is 57.7 Å². The van der Waals surface area contributed by atoms with Crippen molar-refractivity contribution in [3.05, 3.63) is 41.8 Å². The van der Waals surface area contributed by atoms with Crippen molar-refractivity contribution in [2.75, 3.05) is 24.5 Å². The van der Waals surface area contributed by atoms with Gasteiger partial charge in [-0.05, 0) is 68.7 Å². The minimum Gasteiger partial charge on any atom is -0.393 e. The highest BCUT2D eigenvalue weighted by Crippen LogP contribution is 2.44. The van der Waals surface area contributed by atoms with E-state index >= 15 is 0 Å². The lowest BCUT2D eigenvalue weighted by Crippen LogP contribution is -2.50. The van der Waals surface area contributed by atoms with Crippen LogP contribution in [-0.2, 0) is 4.79 Å². The number of halogens is 1. The van der Waals surface area contributed by atoms with Gasteiger partial charge in [-0.3, -0.25) is 9.78 Å². The van der Waals surface area contributed by atoms with Gasteiger partial charge in [-0.25, -0.2) is 4.98 Å². The van der Waals surface area contributed by atoms with Crippen LogP contribution in [0, 0.1) is 5.41 Å². The van der Waals surface area contributed by atoms with Crippen molar-refractivity contribution >= 4 is 23.3 Å². The summed E-state index contributed by atoms with van der Waals surface area (Å²) in [6, 6.07) is 6.13. The molecule has 1 aliphatic carbocycles. The van der Waals surface area contributed by atoms with Crippen LogP contribution in [0.3, 0.4) is 0 Å². The molecular weight excluding hydrogens is 412 g/mol. The van der Waals surface area contributed by atoms with E-state index in [1.54, 1.807) is 12.4 Å². The van der Waals surface area contributed by atoms with Crippen LogP contribution in [0.15, 0.2) is 36.8 Å². The van der Waals surface area contributed by atoms with Crippen LogP contribution in [0.25, 0.3) is 11.1 Å². The number of pyridine rings is 2. The van der Waals surface area contributed by atoms with Crippen molar-refractivity contribution < 1.29 is 9.90 Å². The van der Waals surface area contributed by atoms with E-state index in [-0.39, 0.29) is 17.6 Å². The number of hydrogen-bond donors (Lipinski definition) is 1. The lowest BCUT2D eigenvalue weighted by atomic mass is 9.78. The minimum atomic E-state index is -0.330. The molecule has 1 saturated carbocycles. The van der Waals surface area contributed by atoms with E-state index in [0.717, 1.165) is 75.0 Å². The van der Waals surface area contributed by atoms with Crippen LogP contribution in [0.2, 0.25) is 5.02 Å². The quantitative estimate of drug-likeness (QED) is 0.783. The first-order valence-electron chi connectivity index (χ1n) is 11.4. The molecular formula is C24H29ClN4O2. The Morgan fingerprint density at radius 1 is 1.06 bits per heavy atom. The Kier molecular flexibility index (Phi) is 5.61. The Hall–Kier alpha value is -2.18. The summed E-state index contributed by atoms with van der Waals surface area (Å²) in [4.78, 5) is 26.6. The van der Waals surface area contributed by atoms with Gasteiger partial charge in [0.15, 0.2) is 0 Å². The SMILES string of the molecule is O=C1N(C2CCC(O)CC2)CC[C@@]12CCCN(c1ncc(-c3ccncc3)cc1Cl)C2. The van der Waals surface area contributed by atoms with E-state index in [9.17, 15) is 9.90 Å². The maximum Gasteiger partial charge on any atom is 0.230 e. The van der Waals surface area contributed by atoms with Crippen molar-refractivity contribution in [1.82, 2.24) is 14.9 Å². The first-order chi connectivity index (χ1) is 15.1. The van der Waals surface area contributed by atoms with Gasteiger partial charge in [-0.2, -0.15) is 0 Å². The molecule has 0 radical (unpaired) electrons. The van der Waals surface area contributed by atoms with Crippen LogP contribution in [0.5, 0.6) is 0 Å². The average molecular weight is 441 g/mol. The Balaban J connectivity index is 1.33. The monoisotopic (exact) mass is 440 g/mol. The fraction of sp³-hybridized carbons (Fsp3) is 0.542. The molecule has 2 aromatic rings. The van der Waals surface area contributed by atoms with Crippen molar-refractivity contribution in [2.45, 2.75) is 57.1 Å². The molecule has 1 amide bonds. The zero-order valence-corrected chi connectivity index (χ0v) is 18.5. The molecule has 0 aromatic carbocycles. The predicted molar refractivity (Wildman–Crippen MR) is 121 cm³/mol. The fourth-order valence-corrected chi connectivity index (χ4v) is 5.91. The van der Waals surface area contributed by atoms with Crippen LogP contribution in [0.4, 0.5) is 5.82 Å². The summed E-state index contributed by atoms with van der Waals surface area (Å²) in [6.07, 6.45) is 11.4. The second-order valence-corrected chi connectivity index (χ2v) is 9.69. The van der Waals surface area contributed by atoms with Gasteiger partial charge in [0, 0.05) is 49.8 Å². The largest absolute Gasteiger partial charge is 0.393 e. The molecule has 164 valence electrons. The maximum atomic E-state index is 13.5. The van der Waals surface area contributed by atoms with Gasteiger partial charge < -0.3 is 14.9 Å².